The van der Waals surface area contributed by atoms with Gasteiger partial charge in [0, 0.05) is 13.1 Å². The number of fused-ring (bicyclic) bond motifs is 1. The molecule has 1 aromatic carbocycles. The van der Waals surface area contributed by atoms with E-state index >= 15 is 0 Å². The van der Waals surface area contributed by atoms with Crippen molar-refractivity contribution < 1.29 is 4.92 Å². The van der Waals surface area contributed by atoms with E-state index in [1.54, 1.807) is 25.2 Å². The molecule has 8 heteroatoms. The molecule has 8 nitrogen and oxygen atoms in total. The summed E-state index contributed by atoms with van der Waals surface area (Å²) in [4.78, 5) is 14.9. The first kappa shape index (κ1) is 12.0. The molecule has 0 saturated carbocycles. The van der Waals surface area contributed by atoms with Crippen molar-refractivity contribution in [2.45, 2.75) is 0 Å². The second-order valence-electron chi connectivity index (χ2n) is 4.04. The average molecular weight is 270 g/mol. The molecule has 0 aliphatic heterocycles. The fourth-order valence-electron chi connectivity index (χ4n) is 1.90. The Kier molecular flexibility index (Phi) is 2.75. The van der Waals surface area contributed by atoms with Gasteiger partial charge in [-0.15, -0.1) is 5.10 Å². The van der Waals surface area contributed by atoms with Crippen LogP contribution >= 0.6 is 0 Å². The first-order chi connectivity index (χ1) is 9.70. The monoisotopic (exact) mass is 270 g/mol. The van der Waals surface area contributed by atoms with E-state index in [9.17, 15) is 10.1 Å². The molecule has 0 saturated heterocycles. The number of aromatic nitrogens is 4. The predicted molar refractivity (Wildman–Crippen MR) is 72.9 cm³/mol. The third kappa shape index (κ3) is 1.83. The van der Waals surface area contributed by atoms with E-state index < -0.39 is 4.92 Å². The normalized spacial score (nSPS) is 10.7. The minimum Gasteiger partial charge on any atom is -0.373 e. The molecular formula is C12H10N6O2. The van der Waals surface area contributed by atoms with Gasteiger partial charge in [0.25, 0.3) is 0 Å². The van der Waals surface area contributed by atoms with Gasteiger partial charge in [-0.05, 0) is 18.2 Å². The van der Waals surface area contributed by atoms with Gasteiger partial charge in [0.05, 0.1) is 10.4 Å². The summed E-state index contributed by atoms with van der Waals surface area (Å²) < 4.78 is 1.37. The molecule has 0 unspecified atom stereocenters. The molecule has 0 radical (unpaired) electrons. The van der Waals surface area contributed by atoms with E-state index in [4.69, 9.17) is 0 Å². The van der Waals surface area contributed by atoms with Crippen molar-refractivity contribution in [3.63, 3.8) is 0 Å². The maximum atomic E-state index is 11.1. The third-order valence-corrected chi connectivity index (χ3v) is 2.86. The minimum atomic E-state index is -0.488. The molecule has 0 bridgehead atoms. The van der Waals surface area contributed by atoms with Crippen molar-refractivity contribution in [1.29, 1.82) is 0 Å². The van der Waals surface area contributed by atoms with Gasteiger partial charge in [-0.3, -0.25) is 10.1 Å². The van der Waals surface area contributed by atoms with E-state index in [1.807, 2.05) is 12.1 Å². The number of benzene rings is 1. The number of para-hydroxylation sites is 1. The summed E-state index contributed by atoms with van der Waals surface area (Å²) in [6.07, 6.45) is 0. The number of rotatable bonds is 3. The first-order valence-electron chi connectivity index (χ1n) is 5.84. The Morgan fingerprint density at radius 1 is 1.25 bits per heavy atom. The van der Waals surface area contributed by atoms with Crippen molar-refractivity contribution in [1.82, 2.24) is 20.0 Å². The Hall–Kier alpha value is -3.03. The molecule has 2 heterocycles. The lowest BCUT2D eigenvalue weighted by atomic mass is 10.3. The van der Waals surface area contributed by atoms with Gasteiger partial charge in [0.1, 0.15) is 11.3 Å². The van der Waals surface area contributed by atoms with E-state index in [0.717, 1.165) is 0 Å². The number of nitro groups is 1. The molecule has 20 heavy (non-hydrogen) atoms. The van der Waals surface area contributed by atoms with E-state index in [-0.39, 0.29) is 11.5 Å². The summed E-state index contributed by atoms with van der Waals surface area (Å²) in [7, 11) is 1.69. The number of anilines is 1. The number of hydrogen-bond donors (Lipinski definition) is 1. The largest absolute Gasteiger partial charge is 0.373 e. The van der Waals surface area contributed by atoms with Crippen LogP contribution < -0.4 is 5.32 Å². The van der Waals surface area contributed by atoms with Crippen LogP contribution in [0.2, 0.25) is 0 Å². The summed E-state index contributed by atoms with van der Waals surface area (Å²) in [6, 6.07) is 10.1. The fourth-order valence-corrected chi connectivity index (χ4v) is 1.90. The summed E-state index contributed by atoms with van der Waals surface area (Å²) in [5, 5.41) is 21.9. The predicted octanol–water partition coefficient (Wildman–Crippen LogP) is 1.77. The molecule has 0 aliphatic rings. The van der Waals surface area contributed by atoms with Gasteiger partial charge < -0.3 is 5.32 Å². The van der Waals surface area contributed by atoms with Crippen LogP contribution in [0.15, 0.2) is 36.4 Å². The van der Waals surface area contributed by atoms with Crippen molar-refractivity contribution in [2.24, 2.45) is 0 Å². The molecule has 2 aromatic heterocycles. The second kappa shape index (κ2) is 4.57. The molecule has 3 aromatic rings. The van der Waals surface area contributed by atoms with Crippen LogP contribution in [0.5, 0.6) is 0 Å². The van der Waals surface area contributed by atoms with Crippen LogP contribution in [-0.2, 0) is 0 Å². The maximum absolute atomic E-state index is 11.1. The van der Waals surface area contributed by atoms with Crippen molar-refractivity contribution >= 4 is 22.5 Å². The summed E-state index contributed by atoms with van der Waals surface area (Å²) >= 11 is 0. The number of pyridine rings is 1. The summed E-state index contributed by atoms with van der Waals surface area (Å²) in [6.45, 7) is 0. The van der Waals surface area contributed by atoms with Crippen LogP contribution in [0.4, 0.5) is 11.5 Å². The number of nitrogens with one attached hydrogen (secondary N) is 1. The highest BCUT2D eigenvalue weighted by Gasteiger charge is 2.20. The lowest BCUT2D eigenvalue weighted by molar-refractivity contribution is -0.384. The standard InChI is InChI=1S/C12H10N6O2/c1-13-11-7-6-10(18(19)20)12(14-11)17-9-5-3-2-4-8(9)15-16-17/h2-7H,1H3,(H,13,14). The molecule has 3 rings (SSSR count). The highest BCUT2D eigenvalue weighted by atomic mass is 16.6. The van der Waals surface area contributed by atoms with Gasteiger partial charge in [0.2, 0.25) is 5.82 Å². The molecule has 0 atom stereocenters. The van der Waals surface area contributed by atoms with Gasteiger partial charge in [0.15, 0.2) is 0 Å². The van der Waals surface area contributed by atoms with E-state index in [1.165, 1.54) is 10.7 Å². The lowest BCUT2D eigenvalue weighted by Gasteiger charge is -2.05. The Labute approximate surface area is 113 Å². The minimum absolute atomic E-state index is 0.125. The molecule has 0 fully saturated rings. The smallest absolute Gasteiger partial charge is 0.313 e. The SMILES string of the molecule is CNc1ccc([N+](=O)[O-])c(-n2nnc3ccccc32)n1. The van der Waals surface area contributed by atoms with E-state index in [2.05, 4.69) is 20.6 Å². The Balaban J connectivity index is 2.29. The Bertz CT molecular complexity index is 797. The van der Waals surface area contributed by atoms with Crippen LogP contribution in [0.3, 0.4) is 0 Å². The Morgan fingerprint density at radius 3 is 2.80 bits per heavy atom. The Morgan fingerprint density at radius 2 is 2.05 bits per heavy atom. The number of hydrogen-bond acceptors (Lipinski definition) is 6. The molecule has 0 aliphatic carbocycles. The van der Waals surface area contributed by atoms with Crippen LogP contribution in [0, 0.1) is 10.1 Å². The number of nitrogens with zero attached hydrogens (tertiary/aromatic N) is 5. The third-order valence-electron chi connectivity index (χ3n) is 2.86. The highest BCUT2D eigenvalue weighted by Crippen LogP contribution is 2.24. The maximum Gasteiger partial charge on any atom is 0.313 e. The second-order valence-corrected chi connectivity index (χ2v) is 4.04. The van der Waals surface area contributed by atoms with Crippen molar-refractivity contribution in [3.8, 4) is 5.82 Å². The van der Waals surface area contributed by atoms with E-state index in [0.29, 0.717) is 16.9 Å². The first-order valence-corrected chi connectivity index (χ1v) is 5.84. The van der Waals surface area contributed by atoms with Crippen LogP contribution in [0.25, 0.3) is 16.9 Å². The van der Waals surface area contributed by atoms with Crippen LogP contribution in [-0.4, -0.2) is 31.9 Å². The topological polar surface area (TPSA) is 98.8 Å². The average Bonchev–Trinajstić information content (AvgIpc) is 2.90. The molecule has 100 valence electrons. The highest BCUT2D eigenvalue weighted by molar-refractivity contribution is 5.76. The lowest BCUT2D eigenvalue weighted by Crippen LogP contribution is -2.06. The zero-order chi connectivity index (χ0) is 14.1. The van der Waals surface area contributed by atoms with Gasteiger partial charge >= 0.3 is 5.69 Å². The van der Waals surface area contributed by atoms with Gasteiger partial charge in [-0.25, -0.2) is 4.98 Å². The fraction of sp³-hybridized carbons (Fsp3) is 0.0833. The molecule has 0 spiro atoms. The molecule has 0 amide bonds. The molecular weight excluding hydrogens is 260 g/mol. The summed E-state index contributed by atoms with van der Waals surface area (Å²) in [5.41, 5.74) is 1.19. The zero-order valence-electron chi connectivity index (χ0n) is 10.5. The van der Waals surface area contributed by atoms with Crippen molar-refractivity contribution in [3.05, 3.63) is 46.5 Å². The zero-order valence-corrected chi connectivity index (χ0v) is 10.5. The van der Waals surface area contributed by atoms with Crippen molar-refractivity contribution in [2.75, 3.05) is 12.4 Å². The van der Waals surface area contributed by atoms with Gasteiger partial charge in [-0.2, -0.15) is 4.68 Å². The quantitative estimate of drug-likeness (QED) is 0.575. The molecule has 1 N–H and O–H groups in total. The van der Waals surface area contributed by atoms with Crippen LogP contribution in [0.1, 0.15) is 0 Å². The summed E-state index contributed by atoms with van der Waals surface area (Å²) in [5.74, 6) is 0.653. The van der Waals surface area contributed by atoms with Gasteiger partial charge in [-0.1, -0.05) is 17.3 Å².